The van der Waals surface area contributed by atoms with E-state index in [1.54, 1.807) is 6.08 Å². The molecular formula is C35H40ClF3N6S. The summed E-state index contributed by atoms with van der Waals surface area (Å²) < 4.78 is 44.1. The highest BCUT2D eigenvalue weighted by molar-refractivity contribution is 7.23. The second-order valence-corrected chi connectivity index (χ2v) is 13.3. The number of benzene rings is 2. The lowest BCUT2D eigenvalue weighted by Crippen LogP contribution is -2.26. The van der Waals surface area contributed by atoms with Crippen LogP contribution in [0.1, 0.15) is 69.8 Å². The van der Waals surface area contributed by atoms with Gasteiger partial charge in [0.05, 0.1) is 20.7 Å². The van der Waals surface area contributed by atoms with Crippen LogP contribution < -0.4 is 10.6 Å². The zero-order valence-electron chi connectivity index (χ0n) is 26.6. The van der Waals surface area contributed by atoms with Gasteiger partial charge >= 0.3 is 0 Å². The van der Waals surface area contributed by atoms with Crippen LogP contribution in [0, 0.1) is 23.0 Å². The molecule has 0 amide bonds. The van der Waals surface area contributed by atoms with Gasteiger partial charge in [0.15, 0.2) is 5.82 Å². The van der Waals surface area contributed by atoms with Crippen molar-refractivity contribution >= 4 is 54.7 Å². The van der Waals surface area contributed by atoms with Crippen LogP contribution in [0.2, 0.25) is 5.02 Å². The van der Waals surface area contributed by atoms with E-state index < -0.39 is 17.8 Å². The molecule has 6 nitrogen and oxygen atoms in total. The first-order valence-corrected chi connectivity index (χ1v) is 17.2. The number of nitrogens with two attached hydrogens (primary N) is 1. The van der Waals surface area contributed by atoms with Crippen LogP contribution in [-0.4, -0.2) is 53.3 Å². The summed E-state index contributed by atoms with van der Waals surface area (Å²) in [6.45, 7) is 13.0. The van der Waals surface area contributed by atoms with Gasteiger partial charge in [-0.25, -0.2) is 23.1 Å². The van der Waals surface area contributed by atoms with E-state index in [1.165, 1.54) is 25.0 Å². The van der Waals surface area contributed by atoms with Crippen molar-refractivity contribution in [2.24, 2.45) is 0 Å². The molecule has 2 atom stereocenters. The van der Waals surface area contributed by atoms with E-state index in [0.29, 0.717) is 60.1 Å². The standard InChI is InChI=1S/C28H28ClF2N5S.C7H12FN/c1-5-9-13-36(12-6-2)28-22-15(7-3)23(29)21(24(31)25(22)34-19(8-4)35-28)16-10-11-18(30)26-20(16)17(14-32)27(33)37-26;8-6-4-7-2-1-3-9(7)5-6/h6,10-11H,2,5,7-9,12-13,33H2,1,3-4H3;6-7H,1-5H2. The fourth-order valence-corrected chi connectivity index (χ4v) is 8.05. The number of alkyl halides is 1. The maximum atomic E-state index is 16.6. The Balaban J connectivity index is 0.000000393. The summed E-state index contributed by atoms with van der Waals surface area (Å²) in [4.78, 5) is 13.8. The molecule has 0 aliphatic carbocycles. The fraction of sp³-hybridized carbons (Fsp3) is 0.457. The third-order valence-electron chi connectivity index (χ3n) is 8.91. The van der Waals surface area contributed by atoms with Crippen molar-refractivity contribution in [3.63, 3.8) is 0 Å². The summed E-state index contributed by atoms with van der Waals surface area (Å²) >= 11 is 7.93. The SMILES string of the molecule is C=CCN(CCCC)c1nc(CC)nc2c(F)c(-c3ccc(F)c4sc(N)c(C#N)c34)c(Cl)c(CC)c12.FC1CC2CCCN2C1. The van der Waals surface area contributed by atoms with Gasteiger partial charge in [-0.15, -0.1) is 17.9 Å². The largest absolute Gasteiger partial charge is 0.389 e. The molecule has 0 bridgehead atoms. The number of fused-ring (bicyclic) bond motifs is 3. The number of unbranched alkanes of at least 4 members (excludes halogenated alkanes) is 1. The van der Waals surface area contributed by atoms with Crippen LogP contribution in [-0.2, 0) is 12.8 Å². The minimum atomic E-state index is -0.633. The second kappa shape index (κ2) is 14.6. The maximum absolute atomic E-state index is 16.6. The molecule has 11 heteroatoms. The molecule has 2 aromatic carbocycles. The Hall–Kier alpha value is -3.39. The Morgan fingerprint density at radius 3 is 2.65 bits per heavy atom. The highest BCUT2D eigenvalue weighted by atomic mass is 35.5. The third kappa shape index (κ3) is 6.29. The number of nitrogen functional groups attached to an aromatic ring is 1. The van der Waals surface area contributed by atoms with Crippen molar-refractivity contribution in [3.05, 3.63) is 58.4 Å². The first-order valence-electron chi connectivity index (χ1n) is 16.0. The summed E-state index contributed by atoms with van der Waals surface area (Å²) in [5.74, 6) is -0.0322. The molecule has 2 fully saturated rings. The molecular weight excluding hydrogens is 629 g/mol. The Kier molecular flexibility index (Phi) is 10.8. The summed E-state index contributed by atoms with van der Waals surface area (Å²) in [5, 5.41) is 10.9. The van der Waals surface area contributed by atoms with Crippen LogP contribution in [0.15, 0.2) is 24.8 Å². The molecule has 2 N–H and O–H groups in total. The zero-order chi connectivity index (χ0) is 33.1. The van der Waals surface area contributed by atoms with E-state index in [0.717, 1.165) is 43.7 Å². The Morgan fingerprint density at radius 1 is 1.22 bits per heavy atom. The van der Waals surface area contributed by atoms with E-state index in [9.17, 15) is 14.0 Å². The van der Waals surface area contributed by atoms with Crippen molar-refractivity contribution < 1.29 is 13.2 Å². The van der Waals surface area contributed by atoms with Crippen molar-refractivity contribution in [1.29, 1.82) is 5.26 Å². The van der Waals surface area contributed by atoms with Gasteiger partial charge < -0.3 is 10.6 Å². The third-order valence-corrected chi connectivity index (χ3v) is 10.4. The summed E-state index contributed by atoms with van der Waals surface area (Å²) in [6.07, 6.45) is 7.53. The van der Waals surface area contributed by atoms with Crippen LogP contribution in [0.3, 0.4) is 0 Å². The van der Waals surface area contributed by atoms with Gasteiger partial charge in [0.25, 0.3) is 0 Å². The van der Waals surface area contributed by atoms with Gasteiger partial charge in [-0.3, -0.25) is 4.90 Å². The van der Waals surface area contributed by atoms with Crippen molar-refractivity contribution in [2.45, 2.75) is 77.9 Å². The summed E-state index contributed by atoms with van der Waals surface area (Å²) in [6, 6.07) is 5.36. The molecule has 2 saturated heterocycles. The molecule has 46 heavy (non-hydrogen) atoms. The van der Waals surface area contributed by atoms with E-state index >= 15 is 4.39 Å². The summed E-state index contributed by atoms with van der Waals surface area (Å²) in [5.41, 5.74) is 7.38. The molecule has 0 saturated carbocycles. The van der Waals surface area contributed by atoms with Gasteiger partial charge in [-0.05, 0) is 55.8 Å². The molecule has 2 aromatic heterocycles. The number of nitriles is 1. The molecule has 0 radical (unpaired) electrons. The number of aryl methyl sites for hydroxylation is 2. The Bertz CT molecular complexity index is 1790. The Labute approximate surface area is 277 Å². The number of rotatable bonds is 9. The number of hydrogen-bond acceptors (Lipinski definition) is 7. The van der Waals surface area contributed by atoms with Crippen molar-refractivity contribution in [3.8, 4) is 17.2 Å². The Morgan fingerprint density at radius 2 is 2.00 bits per heavy atom. The topological polar surface area (TPSA) is 82.1 Å². The molecule has 4 heterocycles. The first-order chi connectivity index (χ1) is 22.2. The average Bonchev–Trinajstić information content (AvgIpc) is 3.73. The van der Waals surface area contributed by atoms with E-state index in [-0.39, 0.29) is 36.8 Å². The lowest BCUT2D eigenvalue weighted by molar-refractivity contribution is 0.292. The van der Waals surface area contributed by atoms with Crippen LogP contribution in [0.25, 0.3) is 32.1 Å². The summed E-state index contributed by atoms with van der Waals surface area (Å²) in [7, 11) is 0. The predicted octanol–water partition coefficient (Wildman–Crippen LogP) is 9.01. The number of halogens is 4. The normalized spacial score (nSPS) is 17.6. The maximum Gasteiger partial charge on any atom is 0.158 e. The predicted molar refractivity (Wildman–Crippen MR) is 185 cm³/mol. The molecule has 2 unspecified atom stereocenters. The van der Waals surface area contributed by atoms with E-state index in [1.807, 2.05) is 19.9 Å². The molecule has 0 spiro atoms. The number of nitrogens with zero attached hydrogens (tertiary/aromatic N) is 5. The molecule has 2 aliphatic heterocycles. The minimum absolute atomic E-state index is 0.0841. The molecule has 244 valence electrons. The van der Waals surface area contributed by atoms with Crippen LogP contribution in [0.5, 0.6) is 0 Å². The number of thiophene rings is 1. The first kappa shape index (κ1) is 34.0. The van der Waals surface area contributed by atoms with Crippen molar-refractivity contribution in [2.75, 3.05) is 36.8 Å². The average molecular weight is 669 g/mol. The number of anilines is 2. The lowest BCUT2D eigenvalue weighted by Gasteiger charge is -2.26. The van der Waals surface area contributed by atoms with E-state index in [2.05, 4.69) is 28.3 Å². The number of hydrogen-bond donors (Lipinski definition) is 1. The number of aromatic nitrogens is 2. The molecule has 4 aromatic rings. The second-order valence-electron chi connectivity index (χ2n) is 11.8. The fourth-order valence-electron chi connectivity index (χ4n) is 6.69. The van der Waals surface area contributed by atoms with Crippen LogP contribution in [0.4, 0.5) is 24.0 Å². The van der Waals surface area contributed by atoms with Gasteiger partial charge in [0.2, 0.25) is 0 Å². The highest BCUT2D eigenvalue weighted by Gasteiger charge is 2.35. The van der Waals surface area contributed by atoms with Crippen LogP contribution >= 0.6 is 22.9 Å². The van der Waals surface area contributed by atoms with Gasteiger partial charge in [-0.2, -0.15) is 5.26 Å². The zero-order valence-corrected chi connectivity index (χ0v) is 28.2. The quantitative estimate of drug-likeness (QED) is 0.179. The monoisotopic (exact) mass is 668 g/mol. The smallest absolute Gasteiger partial charge is 0.158 e. The van der Waals surface area contributed by atoms with Crippen molar-refractivity contribution in [1.82, 2.24) is 14.9 Å². The van der Waals surface area contributed by atoms with E-state index in [4.69, 9.17) is 22.3 Å². The minimum Gasteiger partial charge on any atom is -0.389 e. The van der Waals surface area contributed by atoms with Gasteiger partial charge in [-0.1, -0.05) is 50.9 Å². The highest BCUT2D eigenvalue weighted by Crippen LogP contribution is 2.47. The van der Waals surface area contributed by atoms with Gasteiger partial charge in [0, 0.05) is 43.0 Å². The van der Waals surface area contributed by atoms with Gasteiger partial charge in [0.1, 0.15) is 40.2 Å². The molecule has 2 aliphatic rings. The molecule has 6 rings (SSSR count). The lowest BCUT2D eigenvalue weighted by atomic mass is 9.93.